The zero-order chi connectivity index (χ0) is 45.0. The molecular formula is C61H39N7. The van der Waals surface area contributed by atoms with Gasteiger partial charge in [0.1, 0.15) is 0 Å². The van der Waals surface area contributed by atoms with Crippen LogP contribution in [-0.2, 0) is 0 Å². The number of hydrogen-bond donors (Lipinski definition) is 0. The minimum Gasteiger partial charge on any atom is -0.277 e. The Morgan fingerprint density at radius 1 is 0.294 bits per heavy atom. The number of nitrogens with zero attached hydrogens (tertiary/aromatic N) is 7. The smallest absolute Gasteiger partial charge is 0.238 e. The number of rotatable bonds is 8. The van der Waals surface area contributed by atoms with Crippen LogP contribution in [0.15, 0.2) is 231 Å². The maximum absolute atomic E-state index is 5.37. The summed E-state index contributed by atoms with van der Waals surface area (Å²) in [4.78, 5) is 30.9. The third kappa shape index (κ3) is 6.76. The molecule has 1 atom stereocenters. The number of aromatic nitrogens is 7. The highest BCUT2D eigenvalue weighted by molar-refractivity contribution is 6.13. The molecule has 1 unspecified atom stereocenters. The number of fused-ring (bicyclic) bond motifs is 7. The first kappa shape index (κ1) is 39.2. The maximum atomic E-state index is 5.37. The van der Waals surface area contributed by atoms with E-state index in [1.54, 1.807) is 0 Å². The molecule has 0 bridgehead atoms. The first-order valence-corrected chi connectivity index (χ1v) is 22.8. The van der Waals surface area contributed by atoms with Crippen LogP contribution in [0.25, 0.3) is 107 Å². The fourth-order valence-corrected chi connectivity index (χ4v) is 9.83. The Kier molecular flexibility index (Phi) is 9.42. The van der Waals surface area contributed by atoms with Crippen molar-refractivity contribution >= 4 is 21.8 Å². The Labute approximate surface area is 392 Å². The minimum absolute atomic E-state index is 0.0967. The second kappa shape index (κ2) is 16.3. The van der Waals surface area contributed by atoms with Gasteiger partial charge in [-0.1, -0.05) is 224 Å². The normalized spacial score (nSPS) is 12.9. The lowest BCUT2D eigenvalue weighted by atomic mass is 9.87. The first-order chi connectivity index (χ1) is 33.7. The van der Waals surface area contributed by atoms with Crippen LogP contribution in [0, 0.1) is 0 Å². The molecule has 0 N–H and O–H groups in total. The van der Waals surface area contributed by atoms with Gasteiger partial charge in [0.2, 0.25) is 5.95 Å². The summed E-state index contributed by atoms with van der Waals surface area (Å²) in [6, 6.07) is 80.0. The van der Waals surface area contributed by atoms with Crippen molar-refractivity contribution in [1.29, 1.82) is 0 Å². The van der Waals surface area contributed by atoms with Crippen LogP contribution in [0.4, 0.5) is 0 Å². The molecule has 318 valence electrons. The van der Waals surface area contributed by atoms with Gasteiger partial charge >= 0.3 is 0 Å². The molecule has 1 aliphatic carbocycles. The molecule has 9 aromatic carbocycles. The van der Waals surface area contributed by atoms with Crippen molar-refractivity contribution in [2.75, 3.05) is 0 Å². The van der Waals surface area contributed by atoms with E-state index in [9.17, 15) is 0 Å². The van der Waals surface area contributed by atoms with Crippen molar-refractivity contribution < 1.29 is 0 Å². The monoisotopic (exact) mass is 869 g/mol. The van der Waals surface area contributed by atoms with E-state index in [1.165, 1.54) is 22.3 Å². The van der Waals surface area contributed by atoms with Gasteiger partial charge in [-0.15, -0.1) is 0 Å². The topological polar surface area (TPSA) is 82.3 Å². The molecule has 12 aromatic rings. The number of benzene rings is 9. The molecule has 7 nitrogen and oxygen atoms in total. The maximum Gasteiger partial charge on any atom is 0.238 e. The van der Waals surface area contributed by atoms with E-state index in [2.05, 4.69) is 150 Å². The highest BCUT2D eigenvalue weighted by Gasteiger charge is 2.34. The number of hydrogen-bond acceptors (Lipinski definition) is 6. The molecule has 1 aliphatic rings. The Morgan fingerprint density at radius 2 is 0.706 bits per heavy atom. The predicted octanol–water partition coefficient (Wildman–Crippen LogP) is 14.3. The molecule has 0 fully saturated rings. The van der Waals surface area contributed by atoms with E-state index in [-0.39, 0.29) is 5.92 Å². The van der Waals surface area contributed by atoms with Gasteiger partial charge in [0.05, 0.1) is 11.0 Å². The average molecular weight is 870 g/mol. The fourth-order valence-electron chi connectivity index (χ4n) is 9.83. The molecule has 3 heterocycles. The molecule has 68 heavy (non-hydrogen) atoms. The third-order valence-corrected chi connectivity index (χ3v) is 13.0. The Morgan fingerprint density at radius 3 is 1.26 bits per heavy atom. The lowest BCUT2D eigenvalue weighted by molar-refractivity contribution is 0.940. The number of para-hydroxylation sites is 1. The Balaban J connectivity index is 0.995. The third-order valence-electron chi connectivity index (χ3n) is 13.0. The van der Waals surface area contributed by atoms with Crippen molar-refractivity contribution in [3.05, 3.63) is 247 Å². The molecule has 0 amide bonds. The van der Waals surface area contributed by atoms with Gasteiger partial charge in [-0.05, 0) is 45.0 Å². The predicted molar refractivity (Wildman–Crippen MR) is 273 cm³/mol. The van der Waals surface area contributed by atoms with Crippen LogP contribution in [0.1, 0.15) is 22.6 Å². The molecule has 0 saturated carbocycles. The van der Waals surface area contributed by atoms with Gasteiger partial charge in [0.15, 0.2) is 29.1 Å². The van der Waals surface area contributed by atoms with Crippen molar-refractivity contribution in [2.45, 2.75) is 5.92 Å². The second-order valence-electron chi connectivity index (χ2n) is 17.0. The molecule has 0 saturated heterocycles. The van der Waals surface area contributed by atoms with E-state index in [4.69, 9.17) is 29.9 Å². The van der Waals surface area contributed by atoms with Crippen LogP contribution < -0.4 is 0 Å². The van der Waals surface area contributed by atoms with E-state index < -0.39 is 0 Å². The fraction of sp³-hybridized carbons (Fsp3) is 0.0164. The zero-order valence-corrected chi connectivity index (χ0v) is 36.6. The highest BCUT2D eigenvalue weighted by atomic mass is 15.2. The summed E-state index contributed by atoms with van der Waals surface area (Å²) >= 11 is 0. The highest BCUT2D eigenvalue weighted by Crippen LogP contribution is 2.52. The Hall–Kier alpha value is -9.20. The van der Waals surface area contributed by atoms with Gasteiger partial charge < -0.3 is 0 Å². The van der Waals surface area contributed by atoms with Crippen LogP contribution in [-0.4, -0.2) is 34.5 Å². The van der Waals surface area contributed by atoms with Crippen LogP contribution in [0.2, 0.25) is 0 Å². The van der Waals surface area contributed by atoms with Gasteiger partial charge in [-0.3, -0.25) is 4.57 Å². The van der Waals surface area contributed by atoms with Crippen LogP contribution in [0.3, 0.4) is 0 Å². The molecule has 0 aliphatic heterocycles. The molecule has 0 radical (unpaired) electrons. The first-order valence-electron chi connectivity index (χ1n) is 22.8. The zero-order valence-electron chi connectivity index (χ0n) is 36.6. The SMILES string of the molecule is c1ccc(-c2ccc(-c3nc(-c4ccccc4)nc(-n4c5ccccc5c5ccc6c(c54)C(c4ccc(-c5nc(-c7ccccc7)nc(-c7ccccc7)n5)cc4)c4ccccc4-6)n3)cc2)cc1. The molecule has 13 rings (SSSR count). The quantitative estimate of drug-likeness (QED) is 0.151. The summed E-state index contributed by atoms with van der Waals surface area (Å²) < 4.78 is 2.27. The van der Waals surface area contributed by atoms with Gasteiger partial charge in [0.25, 0.3) is 0 Å². The second-order valence-corrected chi connectivity index (χ2v) is 17.0. The molecule has 7 heteroatoms. The molecular weight excluding hydrogens is 831 g/mol. The lowest BCUT2D eigenvalue weighted by Crippen LogP contribution is -2.08. The molecule has 3 aromatic heterocycles. The van der Waals surface area contributed by atoms with Crippen molar-refractivity contribution in [3.8, 4) is 85.1 Å². The molecule has 0 spiro atoms. The Bertz CT molecular complexity index is 3760. The summed E-state index contributed by atoms with van der Waals surface area (Å²) in [6.45, 7) is 0. The van der Waals surface area contributed by atoms with Crippen LogP contribution >= 0.6 is 0 Å². The van der Waals surface area contributed by atoms with E-state index in [0.29, 0.717) is 35.1 Å². The summed E-state index contributed by atoms with van der Waals surface area (Å²) in [5.41, 5.74) is 15.0. The van der Waals surface area contributed by atoms with Crippen molar-refractivity contribution in [1.82, 2.24) is 34.5 Å². The minimum atomic E-state index is -0.0967. The lowest BCUT2D eigenvalue weighted by Gasteiger charge is -2.18. The van der Waals surface area contributed by atoms with E-state index >= 15 is 0 Å². The average Bonchev–Trinajstić information content (AvgIpc) is 3.95. The summed E-state index contributed by atoms with van der Waals surface area (Å²) in [7, 11) is 0. The standard InChI is InChI=1S/C61H39N7/c1-5-17-39(18-6-1)40-29-33-46(34-30-40)60-65-59(44-23-11-4-12-24-44)66-61(67-60)68-52-28-16-15-26-48(52)51-38-37-50-47-25-13-14-27-49(47)53(54(50)55(51)68)41-31-35-45(36-32-41)58-63-56(42-19-7-2-8-20-42)62-57(64-58)43-21-9-3-10-22-43/h1-38,53H. The van der Waals surface area contributed by atoms with Gasteiger partial charge in [-0.25, -0.2) is 19.9 Å². The summed E-state index contributed by atoms with van der Waals surface area (Å²) in [6.07, 6.45) is 0. The summed E-state index contributed by atoms with van der Waals surface area (Å²) in [5.74, 6) is 3.56. The largest absolute Gasteiger partial charge is 0.277 e. The van der Waals surface area contributed by atoms with Crippen molar-refractivity contribution in [2.24, 2.45) is 0 Å². The van der Waals surface area contributed by atoms with Crippen molar-refractivity contribution in [3.63, 3.8) is 0 Å². The van der Waals surface area contributed by atoms with Gasteiger partial charge in [0, 0.05) is 44.5 Å². The van der Waals surface area contributed by atoms with Crippen LogP contribution in [0.5, 0.6) is 0 Å². The summed E-state index contributed by atoms with van der Waals surface area (Å²) in [5, 5.41) is 2.26. The van der Waals surface area contributed by atoms with Gasteiger partial charge in [-0.2, -0.15) is 9.97 Å². The van der Waals surface area contributed by atoms with E-state index in [1.807, 2.05) is 84.9 Å². The van der Waals surface area contributed by atoms with E-state index in [0.717, 1.165) is 66.3 Å².